The first kappa shape index (κ1) is 50.3. The van der Waals surface area contributed by atoms with E-state index in [-0.39, 0.29) is 32.4 Å². The summed E-state index contributed by atoms with van der Waals surface area (Å²) in [5, 5.41) is 0. The number of fused-ring (bicyclic) bond motifs is 2. The molecule has 0 radical (unpaired) electrons. The molecule has 2 atom stereocenters. The Labute approximate surface area is 356 Å². The average molecular weight is 865 g/mol. The normalized spacial score (nSPS) is 20.0. The zero-order valence-electron chi connectivity index (χ0n) is 36.5. The van der Waals surface area contributed by atoms with Gasteiger partial charge in [0.1, 0.15) is 11.2 Å². The van der Waals surface area contributed by atoms with Crippen LogP contribution in [-0.4, -0.2) is 97.2 Å². The Bertz CT molecular complexity index is 1990. The monoisotopic (exact) mass is 864 g/mol. The number of ether oxygens (including phenoxy) is 2. The molecule has 60 heavy (non-hydrogen) atoms. The number of rotatable bonds is 3. The summed E-state index contributed by atoms with van der Waals surface area (Å²) in [5.74, 6) is -0.319. The smallest absolute Gasteiger partial charge is 0.443 e. The van der Waals surface area contributed by atoms with Gasteiger partial charge >= 0.3 is 27.8 Å². The van der Waals surface area contributed by atoms with Crippen LogP contribution in [0.5, 0.6) is 0 Å². The summed E-state index contributed by atoms with van der Waals surface area (Å²) in [6.07, 6.45) is 5.65. The fraction of sp³-hybridized carbons (Fsp3) is 0.600. The molecule has 2 aromatic rings. The largest absolute Gasteiger partial charge is 0.534 e. The minimum Gasteiger partial charge on any atom is -0.443 e. The number of aryl methyl sites for hydroxylation is 1. The van der Waals surface area contributed by atoms with Gasteiger partial charge in [-0.3, -0.25) is 4.90 Å². The Kier molecular flexibility index (Phi) is 16.9. The number of alkyl halides is 3. The highest BCUT2D eigenvalue weighted by atomic mass is 32.2. The number of carbonyl (C=O) groups excluding carboxylic acids is 2. The van der Waals surface area contributed by atoms with E-state index in [2.05, 4.69) is 84.4 Å². The van der Waals surface area contributed by atoms with Crippen molar-refractivity contribution in [2.75, 3.05) is 40.3 Å². The summed E-state index contributed by atoms with van der Waals surface area (Å²) in [4.78, 5) is 32.0. The quantitative estimate of drug-likeness (QED) is 0.220. The van der Waals surface area contributed by atoms with E-state index in [0.717, 1.165) is 54.7 Å². The summed E-state index contributed by atoms with van der Waals surface area (Å²) >= 11 is 0. The van der Waals surface area contributed by atoms with Crippen LogP contribution in [0.25, 0.3) is 5.70 Å². The van der Waals surface area contributed by atoms with Gasteiger partial charge in [0.25, 0.3) is 0 Å². The molecule has 0 aliphatic carbocycles. The van der Waals surface area contributed by atoms with Gasteiger partial charge in [-0.2, -0.15) is 21.6 Å². The van der Waals surface area contributed by atoms with Crippen LogP contribution in [0.15, 0.2) is 54.4 Å². The maximum absolute atomic E-state index is 12.7. The van der Waals surface area contributed by atoms with Crippen molar-refractivity contribution in [3.8, 4) is 0 Å². The van der Waals surface area contributed by atoms with Crippen LogP contribution in [0.1, 0.15) is 109 Å². The summed E-state index contributed by atoms with van der Waals surface area (Å²) in [6.45, 7) is 21.7. The maximum atomic E-state index is 12.7. The van der Waals surface area contributed by atoms with Gasteiger partial charge in [0.2, 0.25) is 5.88 Å². The van der Waals surface area contributed by atoms with E-state index in [4.69, 9.17) is 9.47 Å². The van der Waals surface area contributed by atoms with Crippen molar-refractivity contribution in [3.63, 3.8) is 0 Å². The SMILES string of the molecule is C.C[C@H]1CC=C(OS(=O)(=O)C(F)(F)F)N(C(=O)OC(C)(C)C)C1.C[C@H]1CC=C(c2ccc3c(c2)CCN(C)C3)N(C(=O)OC(C)(C)C)C1.Cc1ccc2c(c1)CCN(C)C2. The molecule has 336 valence electrons. The highest BCUT2D eigenvalue weighted by Gasteiger charge is 2.50. The van der Waals surface area contributed by atoms with Gasteiger partial charge in [0, 0.05) is 39.3 Å². The molecule has 4 aliphatic rings. The van der Waals surface area contributed by atoms with E-state index in [1.54, 1.807) is 33.3 Å². The molecule has 0 saturated carbocycles. The minimum atomic E-state index is -5.84. The Morgan fingerprint density at radius 3 is 1.68 bits per heavy atom. The van der Waals surface area contributed by atoms with Crippen molar-refractivity contribution in [2.24, 2.45) is 11.8 Å². The van der Waals surface area contributed by atoms with Crippen molar-refractivity contribution >= 4 is 28.0 Å². The standard InChI is InChI=1S/C21H30N2O2.C12H18F3NO5S.C11H15N.CH4/c1-15-6-9-19(23(13-15)20(24)25-21(2,3)4)17-7-8-18-14-22(5)11-10-16(18)12-17;1-8-5-6-9(21-22(18,19)12(13,14)15)16(7-8)10(17)20-11(2,3)4;1-9-3-4-11-8-12(2)6-5-10(11)7-9;/h7-9,12,15H,6,10-11,13-14H2,1-5H3;6,8H,5,7H2,1-4H3;3-4,7H,5-6,8H2,1-2H3;1H4/t15-;8-;;/m00../s1. The van der Waals surface area contributed by atoms with Gasteiger partial charge in [-0.1, -0.05) is 63.2 Å². The molecular weight excluding hydrogens is 798 g/mol. The molecule has 0 saturated heterocycles. The minimum absolute atomic E-state index is 0. The number of amides is 2. The van der Waals surface area contributed by atoms with Crippen LogP contribution in [0.2, 0.25) is 0 Å². The van der Waals surface area contributed by atoms with Gasteiger partial charge in [0.05, 0.1) is 5.70 Å². The zero-order valence-corrected chi connectivity index (χ0v) is 37.3. The molecule has 0 spiro atoms. The first-order valence-electron chi connectivity index (χ1n) is 20.2. The Hall–Kier alpha value is -4.08. The van der Waals surface area contributed by atoms with E-state index >= 15 is 0 Å². The van der Waals surface area contributed by atoms with E-state index in [1.165, 1.54) is 35.2 Å². The van der Waals surface area contributed by atoms with Crippen LogP contribution in [0, 0.1) is 18.8 Å². The molecule has 0 N–H and O–H groups in total. The molecule has 2 aromatic carbocycles. The predicted octanol–water partition coefficient (Wildman–Crippen LogP) is 9.88. The van der Waals surface area contributed by atoms with E-state index in [0.29, 0.717) is 12.5 Å². The highest BCUT2D eigenvalue weighted by Crippen LogP contribution is 2.33. The lowest BCUT2D eigenvalue weighted by molar-refractivity contribution is -0.0546. The van der Waals surface area contributed by atoms with Gasteiger partial charge in [0.15, 0.2) is 0 Å². The Morgan fingerprint density at radius 2 is 1.17 bits per heavy atom. The molecule has 6 rings (SSSR count). The number of hydrogen-bond donors (Lipinski definition) is 0. The van der Waals surface area contributed by atoms with Crippen molar-refractivity contribution in [3.05, 3.63) is 87.8 Å². The third-order valence-corrected chi connectivity index (χ3v) is 10.9. The lowest BCUT2D eigenvalue weighted by Crippen LogP contribution is -2.42. The first-order chi connectivity index (χ1) is 27.2. The topological polar surface area (TPSA) is 109 Å². The van der Waals surface area contributed by atoms with Crippen LogP contribution < -0.4 is 0 Å². The fourth-order valence-electron chi connectivity index (χ4n) is 6.96. The first-order valence-corrected chi connectivity index (χ1v) is 21.6. The molecule has 4 aliphatic heterocycles. The van der Waals surface area contributed by atoms with E-state index in [1.807, 2.05) is 25.7 Å². The number of allylic oxidation sites excluding steroid dienone is 2. The van der Waals surface area contributed by atoms with Crippen LogP contribution in [0.4, 0.5) is 22.8 Å². The molecule has 2 amide bonds. The van der Waals surface area contributed by atoms with Crippen LogP contribution in [0.3, 0.4) is 0 Å². The van der Waals surface area contributed by atoms with E-state index in [9.17, 15) is 31.2 Å². The number of carbonyl (C=O) groups is 2. The molecule has 0 fully saturated rings. The molecular formula is C45H67F3N4O7S. The number of likely N-dealkylation sites (N-methyl/N-ethyl adjacent to an activating group) is 2. The van der Waals surface area contributed by atoms with E-state index < -0.39 is 38.8 Å². The Morgan fingerprint density at radius 1 is 0.700 bits per heavy atom. The highest BCUT2D eigenvalue weighted by molar-refractivity contribution is 7.87. The second-order valence-corrected chi connectivity index (χ2v) is 19.7. The summed E-state index contributed by atoms with van der Waals surface area (Å²) < 4.78 is 74.1. The molecule has 0 bridgehead atoms. The summed E-state index contributed by atoms with van der Waals surface area (Å²) in [5.41, 5.74) is 2.42. The van der Waals surface area contributed by atoms with Gasteiger partial charge < -0.3 is 23.5 Å². The van der Waals surface area contributed by atoms with Crippen molar-refractivity contribution < 1.29 is 44.8 Å². The lowest BCUT2D eigenvalue weighted by atomic mass is 9.93. The van der Waals surface area contributed by atoms with Gasteiger partial charge in [-0.15, -0.1) is 0 Å². The molecule has 4 heterocycles. The van der Waals surface area contributed by atoms with Gasteiger partial charge in [-0.05, 0) is 140 Å². The number of halogens is 3. The molecule has 15 heteroatoms. The van der Waals surface area contributed by atoms with Crippen LogP contribution >= 0.6 is 0 Å². The van der Waals surface area contributed by atoms with Crippen LogP contribution in [-0.2, 0) is 49.7 Å². The Balaban J connectivity index is 0.000000251. The fourth-order valence-corrected chi connectivity index (χ4v) is 7.43. The van der Waals surface area contributed by atoms with Crippen molar-refractivity contribution in [1.82, 2.24) is 19.6 Å². The number of nitrogens with zero attached hydrogens (tertiary/aromatic N) is 4. The third-order valence-electron chi connectivity index (χ3n) is 9.93. The lowest BCUT2D eigenvalue weighted by Gasteiger charge is -2.34. The average Bonchev–Trinajstić information content (AvgIpc) is 3.11. The second-order valence-electron chi connectivity index (χ2n) is 18.2. The van der Waals surface area contributed by atoms with Gasteiger partial charge in [-0.25, -0.2) is 14.5 Å². The maximum Gasteiger partial charge on any atom is 0.534 e. The molecule has 0 aromatic heterocycles. The number of hydrogen-bond acceptors (Lipinski definition) is 9. The summed E-state index contributed by atoms with van der Waals surface area (Å²) in [7, 11) is -1.50. The molecule has 0 unspecified atom stereocenters. The summed E-state index contributed by atoms with van der Waals surface area (Å²) in [6, 6.07) is 13.4. The molecule has 11 nitrogen and oxygen atoms in total. The third kappa shape index (κ3) is 14.5. The predicted molar refractivity (Wildman–Crippen MR) is 230 cm³/mol. The second kappa shape index (κ2) is 20.2. The zero-order chi connectivity index (χ0) is 44.1. The number of benzene rings is 2. The van der Waals surface area contributed by atoms with Crippen molar-refractivity contribution in [2.45, 2.75) is 125 Å². The van der Waals surface area contributed by atoms with Crippen molar-refractivity contribution in [1.29, 1.82) is 0 Å².